The van der Waals surface area contributed by atoms with Gasteiger partial charge in [0.15, 0.2) is 0 Å². The number of hydrogen-bond donors (Lipinski definition) is 1. The van der Waals surface area contributed by atoms with Crippen LogP contribution >= 0.6 is 11.6 Å². The van der Waals surface area contributed by atoms with Crippen LogP contribution < -0.4 is 5.73 Å². The van der Waals surface area contributed by atoms with Crippen LogP contribution in [0.4, 0.5) is 0 Å². The number of halogens is 1. The van der Waals surface area contributed by atoms with Gasteiger partial charge in [-0.25, -0.2) is 4.99 Å². The molecule has 104 valence electrons. The molecule has 0 unspecified atom stereocenters. The fourth-order valence-corrected chi connectivity index (χ4v) is 1.63. The molecule has 0 aromatic heterocycles. The van der Waals surface area contributed by atoms with Crippen molar-refractivity contribution in [2.45, 2.75) is 13.8 Å². The number of nitrogens with zero attached hydrogens (tertiary/aromatic N) is 2. The molecule has 0 amide bonds. The standard InChI is InChI=1S/C16H18ClN3/c1-5-8-19-10-12(3)13(4)20-16(18)15-9-14(17)7-6-11(15)2/h5-10H,1,4H2,2-3H3,(H2,18,20)/b12-10+,19-8?. The Morgan fingerprint density at radius 3 is 2.75 bits per heavy atom. The summed E-state index contributed by atoms with van der Waals surface area (Å²) in [6.45, 7) is 11.2. The van der Waals surface area contributed by atoms with E-state index in [2.05, 4.69) is 23.1 Å². The molecule has 0 saturated carbocycles. The molecule has 0 radical (unpaired) electrons. The number of hydrogen-bond acceptors (Lipinski definition) is 2. The van der Waals surface area contributed by atoms with Gasteiger partial charge in [-0.15, -0.1) is 0 Å². The van der Waals surface area contributed by atoms with Crippen molar-refractivity contribution in [3.05, 3.63) is 71.1 Å². The minimum atomic E-state index is 0.385. The lowest BCUT2D eigenvalue weighted by molar-refractivity contribution is 1.26. The van der Waals surface area contributed by atoms with E-state index in [1.165, 1.54) is 0 Å². The van der Waals surface area contributed by atoms with E-state index in [0.717, 1.165) is 16.7 Å². The third-order valence-electron chi connectivity index (χ3n) is 2.65. The summed E-state index contributed by atoms with van der Waals surface area (Å²) in [6.07, 6.45) is 4.84. The number of benzene rings is 1. The van der Waals surface area contributed by atoms with Crippen LogP contribution in [-0.4, -0.2) is 12.1 Å². The number of amidine groups is 1. The highest BCUT2D eigenvalue weighted by atomic mass is 35.5. The summed E-state index contributed by atoms with van der Waals surface area (Å²) < 4.78 is 0. The van der Waals surface area contributed by atoms with Gasteiger partial charge >= 0.3 is 0 Å². The zero-order valence-electron chi connectivity index (χ0n) is 11.7. The van der Waals surface area contributed by atoms with Crippen LogP contribution in [0.5, 0.6) is 0 Å². The molecule has 0 atom stereocenters. The van der Waals surface area contributed by atoms with Crippen LogP contribution in [-0.2, 0) is 0 Å². The van der Waals surface area contributed by atoms with Gasteiger partial charge in [0.05, 0.1) is 5.70 Å². The van der Waals surface area contributed by atoms with E-state index in [9.17, 15) is 0 Å². The second kappa shape index (κ2) is 7.46. The largest absolute Gasteiger partial charge is 0.383 e. The Bertz CT molecular complexity index is 610. The minimum absolute atomic E-state index is 0.385. The lowest BCUT2D eigenvalue weighted by Crippen LogP contribution is -2.15. The Morgan fingerprint density at radius 1 is 1.40 bits per heavy atom. The molecule has 1 aromatic rings. The lowest BCUT2D eigenvalue weighted by atomic mass is 10.1. The van der Waals surface area contributed by atoms with Gasteiger partial charge in [-0.1, -0.05) is 36.9 Å². The average molecular weight is 288 g/mol. The van der Waals surface area contributed by atoms with Gasteiger partial charge < -0.3 is 5.73 Å². The van der Waals surface area contributed by atoms with Crippen LogP contribution in [0.1, 0.15) is 18.1 Å². The lowest BCUT2D eigenvalue weighted by Gasteiger charge is -2.07. The van der Waals surface area contributed by atoms with E-state index in [-0.39, 0.29) is 0 Å². The molecule has 2 N–H and O–H groups in total. The molecule has 4 heteroatoms. The van der Waals surface area contributed by atoms with Crippen molar-refractivity contribution in [3.8, 4) is 0 Å². The Labute approximate surface area is 124 Å². The first-order valence-corrected chi connectivity index (χ1v) is 6.44. The van der Waals surface area contributed by atoms with Gasteiger partial charge in [0.25, 0.3) is 0 Å². The number of aliphatic imine (C=N–C) groups is 2. The molecule has 3 nitrogen and oxygen atoms in total. The zero-order chi connectivity index (χ0) is 15.1. The van der Waals surface area contributed by atoms with Crippen molar-refractivity contribution < 1.29 is 0 Å². The van der Waals surface area contributed by atoms with Crippen molar-refractivity contribution in [3.63, 3.8) is 0 Å². The van der Waals surface area contributed by atoms with Gasteiger partial charge in [-0.3, -0.25) is 4.99 Å². The highest BCUT2D eigenvalue weighted by molar-refractivity contribution is 6.31. The number of aryl methyl sites for hydroxylation is 1. The molecule has 0 bridgehead atoms. The van der Waals surface area contributed by atoms with Crippen LogP contribution in [0.25, 0.3) is 0 Å². The molecule has 0 fully saturated rings. The maximum absolute atomic E-state index is 6.01. The van der Waals surface area contributed by atoms with Crippen molar-refractivity contribution in [2.24, 2.45) is 15.7 Å². The number of rotatable bonds is 5. The van der Waals surface area contributed by atoms with Gasteiger partial charge in [0.1, 0.15) is 5.84 Å². The highest BCUT2D eigenvalue weighted by Crippen LogP contribution is 2.17. The fourth-order valence-electron chi connectivity index (χ4n) is 1.45. The van der Waals surface area contributed by atoms with Gasteiger partial charge in [-0.05, 0) is 37.1 Å². The predicted octanol–water partition coefficient (Wildman–Crippen LogP) is 4.03. The summed E-state index contributed by atoms with van der Waals surface area (Å²) in [5.41, 5.74) is 9.21. The normalized spacial score (nSPS) is 12.8. The van der Waals surface area contributed by atoms with Gasteiger partial charge in [0.2, 0.25) is 0 Å². The number of nitrogens with two attached hydrogens (primary N) is 1. The summed E-state index contributed by atoms with van der Waals surface area (Å²) in [4.78, 5) is 8.33. The molecule has 0 aliphatic rings. The molecule has 0 spiro atoms. The molecular weight excluding hydrogens is 270 g/mol. The third-order valence-corrected chi connectivity index (χ3v) is 2.88. The summed E-state index contributed by atoms with van der Waals surface area (Å²) in [6, 6.07) is 5.51. The Balaban J connectivity index is 3.01. The molecular formula is C16H18ClN3. The summed E-state index contributed by atoms with van der Waals surface area (Å²) in [5.74, 6) is 0.385. The Morgan fingerprint density at radius 2 is 2.10 bits per heavy atom. The smallest absolute Gasteiger partial charge is 0.131 e. The molecule has 0 saturated heterocycles. The van der Waals surface area contributed by atoms with Crippen molar-refractivity contribution in [1.82, 2.24) is 0 Å². The van der Waals surface area contributed by atoms with E-state index in [1.807, 2.05) is 26.0 Å². The van der Waals surface area contributed by atoms with Crippen LogP contribution in [0.3, 0.4) is 0 Å². The minimum Gasteiger partial charge on any atom is -0.383 e. The molecule has 20 heavy (non-hydrogen) atoms. The van der Waals surface area contributed by atoms with Gasteiger partial charge in [0, 0.05) is 23.0 Å². The maximum Gasteiger partial charge on any atom is 0.131 e. The predicted molar refractivity (Wildman–Crippen MR) is 88.5 cm³/mol. The molecule has 0 aliphatic heterocycles. The van der Waals surface area contributed by atoms with Crippen LogP contribution in [0.2, 0.25) is 5.02 Å². The second-order valence-corrected chi connectivity index (χ2v) is 4.69. The zero-order valence-corrected chi connectivity index (χ0v) is 12.5. The summed E-state index contributed by atoms with van der Waals surface area (Å²) in [7, 11) is 0. The molecule has 0 heterocycles. The summed E-state index contributed by atoms with van der Waals surface area (Å²) >= 11 is 5.97. The Hall–Kier alpha value is -2.13. The van der Waals surface area contributed by atoms with Crippen molar-refractivity contribution >= 4 is 23.7 Å². The SMILES string of the molecule is C=CC=N/C=C(\C)C(=C)N=C(N)c1cc(Cl)ccc1C. The van der Waals surface area contributed by atoms with E-state index in [0.29, 0.717) is 16.6 Å². The van der Waals surface area contributed by atoms with Crippen LogP contribution in [0.15, 0.2) is 64.9 Å². The third kappa shape index (κ3) is 4.52. The Kier molecular flexibility index (Phi) is 5.94. The molecule has 1 rings (SSSR count). The molecule has 1 aromatic carbocycles. The monoisotopic (exact) mass is 287 g/mol. The average Bonchev–Trinajstić information content (AvgIpc) is 2.41. The quantitative estimate of drug-likeness (QED) is 0.496. The van der Waals surface area contributed by atoms with E-state index in [4.69, 9.17) is 17.3 Å². The maximum atomic E-state index is 6.01. The topological polar surface area (TPSA) is 50.7 Å². The highest BCUT2D eigenvalue weighted by Gasteiger charge is 2.05. The molecule has 0 aliphatic carbocycles. The summed E-state index contributed by atoms with van der Waals surface area (Å²) in [5, 5.41) is 0.622. The van der Waals surface area contributed by atoms with E-state index < -0.39 is 0 Å². The van der Waals surface area contributed by atoms with Crippen LogP contribution in [0, 0.1) is 6.92 Å². The first-order valence-electron chi connectivity index (χ1n) is 6.06. The number of allylic oxidation sites excluding steroid dienone is 2. The van der Waals surface area contributed by atoms with Gasteiger partial charge in [-0.2, -0.15) is 0 Å². The van der Waals surface area contributed by atoms with Crippen molar-refractivity contribution in [1.29, 1.82) is 0 Å². The van der Waals surface area contributed by atoms with E-state index in [1.54, 1.807) is 24.6 Å². The van der Waals surface area contributed by atoms with Crippen molar-refractivity contribution in [2.75, 3.05) is 0 Å². The first kappa shape index (κ1) is 15.9. The first-order chi connectivity index (χ1) is 9.45. The second-order valence-electron chi connectivity index (χ2n) is 4.25. The van der Waals surface area contributed by atoms with E-state index >= 15 is 0 Å². The fraction of sp³-hybridized carbons (Fsp3) is 0.125.